The Bertz CT molecular complexity index is 336. The van der Waals surface area contributed by atoms with Gasteiger partial charge in [-0.3, -0.25) is 0 Å². The summed E-state index contributed by atoms with van der Waals surface area (Å²) in [6.07, 6.45) is 1.07. The van der Waals surface area contributed by atoms with Crippen molar-refractivity contribution < 1.29 is 5.11 Å². The molecule has 0 aliphatic carbocycles. The van der Waals surface area contributed by atoms with E-state index in [1.807, 2.05) is 6.07 Å². The van der Waals surface area contributed by atoms with E-state index < -0.39 is 0 Å². The highest BCUT2D eigenvalue weighted by Crippen LogP contribution is 2.23. The topological polar surface area (TPSA) is 32.3 Å². The maximum atomic E-state index is 9.27. The fourth-order valence-electron chi connectivity index (χ4n) is 1.13. The van der Waals surface area contributed by atoms with Crippen molar-refractivity contribution >= 4 is 11.6 Å². The molecule has 0 spiro atoms. The molecule has 0 aliphatic rings. The fourth-order valence-corrected chi connectivity index (χ4v) is 1.33. The van der Waals surface area contributed by atoms with Gasteiger partial charge in [-0.15, -0.1) is 0 Å². The first-order valence-corrected chi connectivity index (χ1v) is 5.55. The Morgan fingerprint density at radius 3 is 2.60 bits per heavy atom. The van der Waals surface area contributed by atoms with Crippen LogP contribution in [0, 0.1) is 0 Å². The summed E-state index contributed by atoms with van der Waals surface area (Å²) in [7, 11) is 0. The number of benzene rings is 1. The maximum Gasteiger partial charge on any atom is 0.134 e. The second-order valence-electron chi connectivity index (χ2n) is 4.38. The summed E-state index contributed by atoms with van der Waals surface area (Å²) < 4.78 is 0. The number of phenols is 1. The van der Waals surface area contributed by atoms with Crippen LogP contribution in [-0.4, -0.2) is 10.6 Å². The second-order valence-corrected chi connectivity index (χ2v) is 4.78. The Morgan fingerprint density at radius 1 is 1.40 bits per heavy atom. The van der Waals surface area contributed by atoms with Gasteiger partial charge in [0.2, 0.25) is 0 Å². The molecule has 0 radical (unpaired) electrons. The zero-order valence-electron chi connectivity index (χ0n) is 9.47. The van der Waals surface area contributed by atoms with E-state index in [1.165, 1.54) is 0 Å². The van der Waals surface area contributed by atoms with Crippen LogP contribution in [0.2, 0.25) is 5.02 Å². The Balaban J connectivity index is 2.62. The van der Waals surface area contributed by atoms with Gasteiger partial charge in [-0.2, -0.15) is 0 Å². The first-order chi connectivity index (χ1) is 6.94. The summed E-state index contributed by atoms with van der Waals surface area (Å²) in [5.74, 6) is 0.134. The lowest BCUT2D eigenvalue weighted by molar-refractivity contribution is 0.374. The Hall–Kier alpha value is -0.730. The third kappa shape index (κ3) is 3.73. The van der Waals surface area contributed by atoms with Crippen molar-refractivity contribution in [2.75, 3.05) is 0 Å². The van der Waals surface area contributed by atoms with Crippen LogP contribution in [0.5, 0.6) is 5.75 Å². The van der Waals surface area contributed by atoms with Crippen molar-refractivity contribution in [3.8, 4) is 5.75 Å². The lowest BCUT2D eigenvalue weighted by atomic mass is 10.0. The summed E-state index contributed by atoms with van der Waals surface area (Å²) in [6, 6.07) is 5.29. The first-order valence-electron chi connectivity index (χ1n) is 5.17. The van der Waals surface area contributed by atoms with E-state index in [0.29, 0.717) is 5.02 Å². The minimum Gasteiger partial charge on any atom is -0.506 e. The van der Waals surface area contributed by atoms with Gasteiger partial charge in [0.05, 0.1) is 5.02 Å². The Kier molecular flexibility index (Phi) is 4.00. The molecule has 0 aromatic heterocycles. The monoisotopic (exact) mass is 227 g/mol. The lowest BCUT2D eigenvalue weighted by Crippen LogP contribution is -2.37. The minimum absolute atomic E-state index is 0.129. The largest absolute Gasteiger partial charge is 0.506 e. The van der Waals surface area contributed by atoms with Crippen LogP contribution < -0.4 is 5.32 Å². The molecule has 0 fully saturated rings. The molecule has 0 saturated heterocycles. The van der Waals surface area contributed by atoms with Crippen LogP contribution in [0.3, 0.4) is 0 Å². The number of hydrogen-bond acceptors (Lipinski definition) is 2. The van der Waals surface area contributed by atoms with Gasteiger partial charge < -0.3 is 10.4 Å². The first kappa shape index (κ1) is 12.3. The molecule has 15 heavy (non-hydrogen) atoms. The zero-order chi connectivity index (χ0) is 11.5. The normalized spacial score (nSPS) is 11.7. The molecule has 2 nitrogen and oxygen atoms in total. The third-order valence-electron chi connectivity index (χ3n) is 2.67. The average molecular weight is 228 g/mol. The van der Waals surface area contributed by atoms with Crippen molar-refractivity contribution in [3.05, 3.63) is 28.8 Å². The van der Waals surface area contributed by atoms with Crippen LogP contribution in [-0.2, 0) is 6.54 Å². The smallest absolute Gasteiger partial charge is 0.134 e. The van der Waals surface area contributed by atoms with Crippen LogP contribution >= 0.6 is 11.6 Å². The number of phenolic OH excluding ortho intramolecular Hbond substituents is 1. The van der Waals surface area contributed by atoms with Gasteiger partial charge in [0.15, 0.2) is 0 Å². The molecule has 2 N–H and O–H groups in total. The standard InChI is InChI=1S/C12H18ClNO/c1-4-12(2,3)14-8-9-5-6-11(15)10(13)7-9/h5-7,14-15H,4,8H2,1-3H3. The predicted octanol–water partition coefficient (Wildman–Crippen LogP) is 3.32. The number of nitrogens with one attached hydrogen (secondary N) is 1. The molecule has 0 saturated carbocycles. The van der Waals surface area contributed by atoms with Gasteiger partial charge in [-0.1, -0.05) is 24.6 Å². The SMILES string of the molecule is CCC(C)(C)NCc1ccc(O)c(Cl)c1. The van der Waals surface area contributed by atoms with E-state index in [4.69, 9.17) is 11.6 Å². The molecule has 0 amide bonds. The van der Waals surface area contributed by atoms with E-state index in [1.54, 1.807) is 12.1 Å². The van der Waals surface area contributed by atoms with E-state index in [9.17, 15) is 5.11 Å². The van der Waals surface area contributed by atoms with Gasteiger partial charge in [-0.25, -0.2) is 0 Å². The third-order valence-corrected chi connectivity index (χ3v) is 2.97. The summed E-state index contributed by atoms with van der Waals surface area (Å²) in [5.41, 5.74) is 1.21. The number of hydrogen-bond donors (Lipinski definition) is 2. The molecule has 1 aromatic rings. The molecule has 84 valence electrons. The zero-order valence-corrected chi connectivity index (χ0v) is 10.2. The summed E-state index contributed by atoms with van der Waals surface area (Å²) in [5, 5.41) is 13.1. The molecular formula is C12H18ClNO. The molecule has 1 aromatic carbocycles. The molecule has 0 unspecified atom stereocenters. The van der Waals surface area contributed by atoms with Gasteiger partial charge in [0.25, 0.3) is 0 Å². The molecule has 1 rings (SSSR count). The highest BCUT2D eigenvalue weighted by molar-refractivity contribution is 6.32. The maximum absolute atomic E-state index is 9.27. The lowest BCUT2D eigenvalue weighted by Gasteiger charge is -2.24. The summed E-state index contributed by atoms with van der Waals surface area (Å²) >= 11 is 5.82. The van der Waals surface area contributed by atoms with Gasteiger partial charge in [-0.05, 0) is 38.0 Å². The highest BCUT2D eigenvalue weighted by Gasteiger charge is 2.13. The van der Waals surface area contributed by atoms with Crippen molar-refractivity contribution in [1.82, 2.24) is 5.32 Å². The molecular weight excluding hydrogens is 210 g/mol. The quantitative estimate of drug-likeness (QED) is 0.827. The second kappa shape index (κ2) is 4.86. The predicted molar refractivity (Wildman–Crippen MR) is 64.3 cm³/mol. The van der Waals surface area contributed by atoms with Crippen LogP contribution in [0.4, 0.5) is 0 Å². The van der Waals surface area contributed by atoms with E-state index in [2.05, 4.69) is 26.1 Å². The molecule has 0 heterocycles. The summed E-state index contributed by atoms with van der Waals surface area (Å²) in [6.45, 7) is 7.24. The highest BCUT2D eigenvalue weighted by atomic mass is 35.5. The van der Waals surface area contributed by atoms with Crippen molar-refractivity contribution in [2.24, 2.45) is 0 Å². The average Bonchev–Trinajstić information content (AvgIpc) is 2.20. The van der Waals surface area contributed by atoms with Crippen molar-refractivity contribution in [3.63, 3.8) is 0 Å². The fraction of sp³-hybridized carbons (Fsp3) is 0.500. The van der Waals surface area contributed by atoms with Gasteiger partial charge in [0.1, 0.15) is 5.75 Å². The molecule has 0 bridgehead atoms. The van der Waals surface area contributed by atoms with Crippen molar-refractivity contribution in [1.29, 1.82) is 0 Å². The summed E-state index contributed by atoms with van der Waals surface area (Å²) in [4.78, 5) is 0. The van der Waals surface area contributed by atoms with Crippen LogP contribution in [0.15, 0.2) is 18.2 Å². The van der Waals surface area contributed by atoms with Gasteiger partial charge in [0, 0.05) is 12.1 Å². The molecule has 0 atom stereocenters. The van der Waals surface area contributed by atoms with E-state index in [0.717, 1.165) is 18.5 Å². The number of rotatable bonds is 4. The van der Waals surface area contributed by atoms with E-state index in [-0.39, 0.29) is 11.3 Å². The van der Waals surface area contributed by atoms with Crippen LogP contribution in [0.1, 0.15) is 32.8 Å². The Morgan fingerprint density at radius 2 is 2.07 bits per heavy atom. The minimum atomic E-state index is 0.129. The van der Waals surface area contributed by atoms with E-state index >= 15 is 0 Å². The number of halogens is 1. The number of aromatic hydroxyl groups is 1. The Labute approximate surface area is 96.3 Å². The van der Waals surface area contributed by atoms with Crippen molar-refractivity contribution in [2.45, 2.75) is 39.3 Å². The molecule has 0 aliphatic heterocycles. The molecule has 3 heteroatoms. The van der Waals surface area contributed by atoms with Crippen LogP contribution in [0.25, 0.3) is 0 Å². The van der Waals surface area contributed by atoms with Gasteiger partial charge >= 0.3 is 0 Å².